The minimum Gasteiger partial charge on any atom is -0.490 e. The molecule has 0 saturated carbocycles. The number of nitrogens with zero attached hydrogens (tertiary/aromatic N) is 1. The fourth-order valence-corrected chi connectivity index (χ4v) is 3.79. The molecule has 0 unspecified atom stereocenters. The maximum Gasteiger partial charge on any atom is 0.417 e. The van der Waals surface area contributed by atoms with Crippen LogP contribution in [-0.4, -0.2) is 18.7 Å². The lowest BCUT2D eigenvalue weighted by molar-refractivity contribution is -0.137. The third-order valence-electron chi connectivity index (χ3n) is 4.48. The molecule has 34 heavy (non-hydrogen) atoms. The Labute approximate surface area is 211 Å². The van der Waals surface area contributed by atoms with Crippen LogP contribution in [0, 0.1) is 0 Å². The van der Waals surface area contributed by atoms with Gasteiger partial charge in [-0.15, -0.1) is 0 Å². The normalized spacial score (nSPS) is 11.5. The Morgan fingerprint density at radius 2 is 1.76 bits per heavy atom. The number of nitrogens with one attached hydrogen (secondary N) is 1. The Bertz CT molecular complexity index is 1180. The molecule has 0 spiro atoms. The van der Waals surface area contributed by atoms with Crippen LogP contribution in [0.5, 0.6) is 11.5 Å². The molecule has 0 heterocycles. The van der Waals surface area contributed by atoms with E-state index in [0.29, 0.717) is 34.7 Å². The van der Waals surface area contributed by atoms with Crippen molar-refractivity contribution < 1.29 is 27.4 Å². The molecule has 0 aromatic heterocycles. The van der Waals surface area contributed by atoms with Gasteiger partial charge in [0.1, 0.15) is 6.61 Å². The third-order valence-corrected chi connectivity index (χ3v) is 5.60. The van der Waals surface area contributed by atoms with Crippen LogP contribution in [0.4, 0.5) is 13.2 Å². The zero-order valence-corrected chi connectivity index (χ0v) is 21.0. The van der Waals surface area contributed by atoms with Gasteiger partial charge >= 0.3 is 6.18 Å². The second-order valence-electron chi connectivity index (χ2n) is 6.92. The number of halogens is 5. The molecule has 5 nitrogen and oxygen atoms in total. The number of ether oxygens (including phenoxy) is 2. The van der Waals surface area contributed by atoms with Crippen molar-refractivity contribution in [3.05, 3.63) is 91.9 Å². The number of benzene rings is 3. The standard InChI is InChI=1S/C24H19Br2F3N2O3/c1-2-33-21-12-16(11-20(26)22(21)34-14-15-7-9-17(25)10-8-15)13-30-31-23(32)18-5-3-4-6-19(18)24(27,28)29/h3-13H,2,14H2,1H3,(H,31,32)/b30-13+. The molecule has 0 bridgehead atoms. The fraction of sp³-hybridized carbons (Fsp3) is 0.167. The zero-order chi connectivity index (χ0) is 24.7. The quantitative estimate of drug-likeness (QED) is 0.225. The SMILES string of the molecule is CCOc1cc(/C=N/NC(=O)c2ccccc2C(F)(F)F)cc(Br)c1OCc1ccc(Br)cc1. The molecular weight excluding hydrogens is 581 g/mol. The summed E-state index contributed by atoms with van der Waals surface area (Å²) < 4.78 is 52.6. The lowest BCUT2D eigenvalue weighted by Gasteiger charge is -2.15. The highest BCUT2D eigenvalue weighted by Crippen LogP contribution is 2.37. The number of hydrogen-bond acceptors (Lipinski definition) is 4. The van der Waals surface area contributed by atoms with Crippen molar-refractivity contribution in [2.75, 3.05) is 6.61 Å². The molecule has 0 aliphatic heterocycles. The van der Waals surface area contributed by atoms with Gasteiger partial charge < -0.3 is 9.47 Å². The summed E-state index contributed by atoms with van der Waals surface area (Å²) in [5.41, 5.74) is 2.09. The molecule has 3 aromatic carbocycles. The third kappa shape index (κ3) is 6.83. The van der Waals surface area contributed by atoms with Crippen molar-refractivity contribution in [1.29, 1.82) is 0 Å². The molecule has 1 N–H and O–H groups in total. The Morgan fingerprint density at radius 3 is 2.44 bits per heavy atom. The van der Waals surface area contributed by atoms with Crippen LogP contribution in [0.2, 0.25) is 0 Å². The predicted molar refractivity (Wildman–Crippen MR) is 130 cm³/mol. The van der Waals surface area contributed by atoms with E-state index in [1.54, 1.807) is 12.1 Å². The lowest BCUT2D eigenvalue weighted by atomic mass is 10.1. The second kappa shape index (κ2) is 11.5. The van der Waals surface area contributed by atoms with Crippen molar-refractivity contribution >= 4 is 44.0 Å². The van der Waals surface area contributed by atoms with E-state index < -0.39 is 23.2 Å². The van der Waals surface area contributed by atoms with Crippen LogP contribution in [-0.2, 0) is 12.8 Å². The smallest absolute Gasteiger partial charge is 0.417 e. The van der Waals surface area contributed by atoms with Crippen molar-refractivity contribution in [2.24, 2.45) is 5.10 Å². The Kier molecular flexibility index (Phi) is 8.73. The number of alkyl halides is 3. The minimum atomic E-state index is -4.65. The predicted octanol–water partition coefficient (Wildman–Crippen LogP) is 6.97. The minimum absolute atomic E-state index is 0.314. The number of amides is 1. The first-order chi connectivity index (χ1) is 16.2. The van der Waals surface area contributed by atoms with Crippen molar-refractivity contribution in [2.45, 2.75) is 19.7 Å². The number of rotatable bonds is 8. The first kappa shape index (κ1) is 25.8. The average molecular weight is 600 g/mol. The summed E-state index contributed by atoms with van der Waals surface area (Å²) in [4.78, 5) is 12.3. The van der Waals surface area contributed by atoms with Gasteiger partial charge in [0.25, 0.3) is 5.91 Å². The van der Waals surface area contributed by atoms with Crippen molar-refractivity contribution in [3.8, 4) is 11.5 Å². The lowest BCUT2D eigenvalue weighted by Crippen LogP contribution is -2.22. The van der Waals surface area contributed by atoms with E-state index >= 15 is 0 Å². The number of carbonyl (C=O) groups excluding carboxylic acids is 1. The van der Waals surface area contributed by atoms with Gasteiger partial charge in [0.15, 0.2) is 11.5 Å². The van der Waals surface area contributed by atoms with Crippen LogP contribution in [0.3, 0.4) is 0 Å². The van der Waals surface area contributed by atoms with Crippen LogP contribution in [0.25, 0.3) is 0 Å². The monoisotopic (exact) mass is 598 g/mol. The van der Waals surface area contributed by atoms with Crippen LogP contribution < -0.4 is 14.9 Å². The maximum atomic E-state index is 13.1. The molecule has 0 saturated heterocycles. The summed E-state index contributed by atoms with van der Waals surface area (Å²) in [5.74, 6) is -0.0306. The van der Waals surface area contributed by atoms with E-state index in [4.69, 9.17) is 9.47 Å². The van der Waals surface area contributed by atoms with E-state index in [-0.39, 0.29) is 0 Å². The van der Waals surface area contributed by atoms with Gasteiger partial charge in [-0.2, -0.15) is 18.3 Å². The topological polar surface area (TPSA) is 59.9 Å². The first-order valence-corrected chi connectivity index (χ1v) is 11.6. The molecule has 0 atom stereocenters. The second-order valence-corrected chi connectivity index (χ2v) is 8.69. The highest BCUT2D eigenvalue weighted by atomic mass is 79.9. The number of hydrogen-bond donors (Lipinski definition) is 1. The molecule has 0 aliphatic carbocycles. The first-order valence-electron chi connectivity index (χ1n) is 10.0. The Balaban J connectivity index is 1.75. The molecule has 10 heteroatoms. The summed E-state index contributed by atoms with van der Waals surface area (Å²) in [6.45, 7) is 2.52. The van der Waals surface area contributed by atoms with E-state index in [1.807, 2.05) is 31.2 Å². The molecule has 0 aliphatic rings. The fourth-order valence-electron chi connectivity index (χ4n) is 2.96. The van der Waals surface area contributed by atoms with E-state index in [1.165, 1.54) is 18.3 Å². The van der Waals surface area contributed by atoms with Crippen molar-refractivity contribution in [3.63, 3.8) is 0 Å². The van der Waals surface area contributed by atoms with Gasteiger partial charge in [0, 0.05) is 4.47 Å². The Morgan fingerprint density at radius 1 is 1.06 bits per heavy atom. The molecule has 1 amide bonds. The molecule has 3 rings (SSSR count). The van der Waals surface area contributed by atoms with Gasteiger partial charge in [-0.05, 0) is 70.4 Å². The van der Waals surface area contributed by atoms with Gasteiger partial charge in [0.05, 0.1) is 28.4 Å². The highest BCUT2D eigenvalue weighted by Gasteiger charge is 2.34. The highest BCUT2D eigenvalue weighted by molar-refractivity contribution is 9.10. The molecule has 0 radical (unpaired) electrons. The molecule has 178 valence electrons. The summed E-state index contributed by atoms with van der Waals surface area (Å²) in [6, 6.07) is 15.5. The van der Waals surface area contributed by atoms with Gasteiger partial charge in [-0.3, -0.25) is 4.79 Å². The summed E-state index contributed by atoms with van der Waals surface area (Å²) >= 11 is 6.85. The zero-order valence-electron chi connectivity index (χ0n) is 17.8. The van der Waals surface area contributed by atoms with Gasteiger partial charge in [-0.1, -0.05) is 40.2 Å². The maximum absolute atomic E-state index is 13.1. The number of carbonyl (C=O) groups is 1. The summed E-state index contributed by atoms with van der Waals surface area (Å²) in [5, 5.41) is 3.80. The van der Waals surface area contributed by atoms with Crippen LogP contribution >= 0.6 is 31.9 Å². The van der Waals surface area contributed by atoms with Crippen LogP contribution in [0.15, 0.2) is 74.7 Å². The van der Waals surface area contributed by atoms with Crippen molar-refractivity contribution in [1.82, 2.24) is 5.43 Å². The summed E-state index contributed by atoms with van der Waals surface area (Å²) in [6.07, 6.45) is -3.35. The van der Waals surface area contributed by atoms with Crippen LogP contribution in [0.1, 0.15) is 34.0 Å². The van der Waals surface area contributed by atoms with E-state index in [0.717, 1.165) is 22.2 Å². The van der Waals surface area contributed by atoms with E-state index in [2.05, 4.69) is 42.4 Å². The van der Waals surface area contributed by atoms with E-state index in [9.17, 15) is 18.0 Å². The molecular formula is C24H19Br2F3N2O3. The molecule has 0 fully saturated rings. The largest absolute Gasteiger partial charge is 0.490 e. The summed E-state index contributed by atoms with van der Waals surface area (Å²) in [7, 11) is 0. The number of hydrazone groups is 1. The molecule has 3 aromatic rings. The Hall–Kier alpha value is -2.85. The van der Waals surface area contributed by atoms with Gasteiger partial charge in [-0.25, -0.2) is 5.43 Å². The average Bonchev–Trinajstić information content (AvgIpc) is 2.79. The van der Waals surface area contributed by atoms with Gasteiger partial charge in [0.2, 0.25) is 0 Å².